The van der Waals surface area contributed by atoms with E-state index in [9.17, 15) is 14.3 Å². The Labute approximate surface area is 197 Å². The molecule has 0 aromatic heterocycles. The van der Waals surface area contributed by atoms with Crippen molar-refractivity contribution in [2.45, 2.75) is 39.7 Å². The first kappa shape index (κ1) is 23.0. The Bertz CT molecular complexity index is 1330. The van der Waals surface area contributed by atoms with Crippen LogP contribution in [0.15, 0.2) is 59.7 Å². The van der Waals surface area contributed by atoms with E-state index in [1.54, 1.807) is 35.3 Å². The highest BCUT2D eigenvalue weighted by Crippen LogP contribution is 2.35. The molecule has 1 atom stereocenters. The van der Waals surface area contributed by atoms with Gasteiger partial charge < -0.3 is 9.84 Å². The first-order valence-electron chi connectivity index (χ1n) is 10.9. The van der Waals surface area contributed by atoms with E-state index in [-0.39, 0.29) is 12.2 Å². The van der Waals surface area contributed by atoms with Gasteiger partial charge in [-0.25, -0.2) is 4.39 Å². The van der Waals surface area contributed by atoms with Crippen LogP contribution in [0.4, 0.5) is 10.1 Å². The molecule has 6 nitrogen and oxygen atoms in total. The van der Waals surface area contributed by atoms with E-state index in [0.29, 0.717) is 34.9 Å². The van der Waals surface area contributed by atoms with Gasteiger partial charge in [-0.1, -0.05) is 11.6 Å². The molecule has 1 unspecified atom stereocenters. The van der Waals surface area contributed by atoms with E-state index < -0.39 is 12.0 Å². The third-order valence-corrected chi connectivity index (χ3v) is 5.81. The standard InChI is InChI=1S/C27H24FN3O3/c1-16-4-9-25(28)24(10-16)23-11-18(3)26(12-17(23)2)34-22-7-5-20(6-8-22)31-21(14-27(32)33)13-19(15-29)30-31/h4-12,21H,13-14H2,1-3H3,(H,32,33). The van der Waals surface area contributed by atoms with Gasteiger partial charge in [-0.2, -0.15) is 10.4 Å². The number of carbonyl (C=O) groups is 1. The number of nitriles is 1. The van der Waals surface area contributed by atoms with E-state index in [4.69, 9.17) is 10.00 Å². The van der Waals surface area contributed by atoms with E-state index >= 15 is 0 Å². The van der Waals surface area contributed by atoms with Crippen LogP contribution in [-0.2, 0) is 4.79 Å². The first-order valence-corrected chi connectivity index (χ1v) is 10.9. The zero-order valence-electron chi connectivity index (χ0n) is 19.2. The highest BCUT2D eigenvalue weighted by atomic mass is 19.1. The molecule has 4 rings (SSSR count). The molecule has 0 amide bonds. The van der Waals surface area contributed by atoms with Crippen molar-refractivity contribution in [3.05, 3.63) is 77.1 Å². The normalized spacial score (nSPS) is 15.1. The van der Waals surface area contributed by atoms with Gasteiger partial charge in [0, 0.05) is 12.0 Å². The molecule has 3 aromatic carbocycles. The second kappa shape index (κ2) is 9.36. The molecule has 0 aliphatic carbocycles. The lowest BCUT2D eigenvalue weighted by Gasteiger charge is -2.22. The molecular weight excluding hydrogens is 433 g/mol. The minimum Gasteiger partial charge on any atom is -0.481 e. The summed E-state index contributed by atoms with van der Waals surface area (Å²) in [5.74, 6) is 0.0582. The summed E-state index contributed by atoms with van der Waals surface area (Å²) in [6.45, 7) is 5.77. The number of aliphatic carboxylic acids is 1. The summed E-state index contributed by atoms with van der Waals surface area (Å²) in [6, 6.07) is 17.6. The number of anilines is 1. The fourth-order valence-electron chi connectivity index (χ4n) is 4.09. The summed E-state index contributed by atoms with van der Waals surface area (Å²) in [5, 5.41) is 24.2. The van der Waals surface area contributed by atoms with Crippen LogP contribution in [0.3, 0.4) is 0 Å². The van der Waals surface area contributed by atoms with E-state index in [2.05, 4.69) is 5.10 Å². The minimum atomic E-state index is -0.941. The van der Waals surface area contributed by atoms with Crippen molar-refractivity contribution < 1.29 is 19.0 Å². The maximum absolute atomic E-state index is 14.4. The Balaban J connectivity index is 1.56. The van der Waals surface area contributed by atoms with Gasteiger partial charge in [0.15, 0.2) is 0 Å². The molecule has 0 spiro atoms. The molecule has 0 saturated carbocycles. The molecule has 0 fully saturated rings. The van der Waals surface area contributed by atoms with Gasteiger partial charge in [0.1, 0.15) is 29.1 Å². The Morgan fingerprint density at radius 1 is 1.12 bits per heavy atom. The lowest BCUT2D eigenvalue weighted by Crippen LogP contribution is -2.28. The number of hydrogen-bond acceptors (Lipinski definition) is 5. The Kier molecular flexibility index (Phi) is 6.33. The minimum absolute atomic E-state index is 0.112. The number of carboxylic acids is 1. The zero-order chi connectivity index (χ0) is 24.4. The maximum atomic E-state index is 14.4. The highest BCUT2D eigenvalue weighted by Gasteiger charge is 2.29. The largest absolute Gasteiger partial charge is 0.481 e. The van der Waals surface area contributed by atoms with Crippen LogP contribution in [0.5, 0.6) is 11.5 Å². The van der Waals surface area contributed by atoms with E-state index in [1.807, 2.05) is 45.0 Å². The van der Waals surface area contributed by atoms with Gasteiger partial charge in [-0.3, -0.25) is 9.80 Å². The number of hydrazone groups is 1. The summed E-state index contributed by atoms with van der Waals surface area (Å²) < 4.78 is 20.5. The predicted octanol–water partition coefficient (Wildman–Crippen LogP) is 6.14. The Morgan fingerprint density at radius 3 is 2.53 bits per heavy atom. The zero-order valence-corrected chi connectivity index (χ0v) is 19.2. The topological polar surface area (TPSA) is 85.9 Å². The molecule has 172 valence electrons. The van der Waals surface area contributed by atoms with Gasteiger partial charge in [-0.05, 0) is 86.0 Å². The van der Waals surface area contributed by atoms with Crippen molar-refractivity contribution in [1.82, 2.24) is 0 Å². The summed E-state index contributed by atoms with van der Waals surface area (Å²) in [5.41, 5.74) is 5.14. The van der Waals surface area contributed by atoms with Gasteiger partial charge in [0.25, 0.3) is 0 Å². The summed E-state index contributed by atoms with van der Waals surface area (Å²) in [7, 11) is 0. The van der Waals surface area contributed by atoms with Crippen LogP contribution < -0.4 is 9.75 Å². The monoisotopic (exact) mass is 457 g/mol. The van der Waals surface area contributed by atoms with Crippen molar-refractivity contribution in [2.24, 2.45) is 5.10 Å². The second-order valence-corrected chi connectivity index (χ2v) is 8.47. The molecule has 0 saturated heterocycles. The molecule has 1 aliphatic heterocycles. The average molecular weight is 458 g/mol. The van der Waals surface area contributed by atoms with Crippen molar-refractivity contribution >= 4 is 17.4 Å². The number of nitrogens with zero attached hydrogens (tertiary/aromatic N) is 3. The fraction of sp³-hybridized carbons (Fsp3) is 0.222. The maximum Gasteiger partial charge on any atom is 0.305 e. The van der Waals surface area contributed by atoms with Crippen LogP contribution in [0.2, 0.25) is 0 Å². The molecule has 1 aliphatic rings. The number of carboxylic acid groups (broad SMARTS) is 1. The number of halogens is 1. The number of hydrogen-bond donors (Lipinski definition) is 1. The van der Waals surface area contributed by atoms with E-state index in [1.165, 1.54) is 6.07 Å². The predicted molar refractivity (Wildman–Crippen MR) is 129 cm³/mol. The van der Waals surface area contributed by atoms with Crippen LogP contribution in [0.25, 0.3) is 11.1 Å². The molecule has 1 N–H and O–H groups in total. The van der Waals surface area contributed by atoms with Crippen molar-refractivity contribution in [1.29, 1.82) is 5.26 Å². The third-order valence-electron chi connectivity index (χ3n) is 5.81. The third kappa shape index (κ3) is 4.76. The first-order chi connectivity index (χ1) is 16.2. The number of ether oxygens (including phenoxy) is 1. The molecule has 0 radical (unpaired) electrons. The number of aryl methyl sites for hydroxylation is 3. The van der Waals surface area contributed by atoms with Crippen LogP contribution in [0, 0.1) is 37.9 Å². The lowest BCUT2D eigenvalue weighted by atomic mass is 9.96. The summed E-state index contributed by atoms with van der Waals surface area (Å²) >= 11 is 0. The van der Waals surface area contributed by atoms with Crippen molar-refractivity contribution in [3.63, 3.8) is 0 Å². The van der Waals surface area contributed by atoms with Gasteiger partial charge >= 0.3 is 5.97 Å². The van der Waals surface area contributed by atoms with E-state index in [0.717, 1.165) is 22.3 Å². The second-order valence-electron chi connectivity index (χ2n) is 8.47. The molecular formula is C27H24FN3O3. The molecule has 7 heteroatoms. The lowest BCUT2D eigenvalue weighted by molar-refractivity contribution is -0.137. The Morgan fingerprint density at radius 2 is 1.85 bits per heavy atom. The SMILES string of the molecule is Cc1ccc(F)c(-c2cc(C)c(Oc3ccc(N4N=C(C#N)CC4CC(=O)O)cc3)cc2C)c1. The number of rotatable bonds is 6. The smallest absolute Gasteiger partial charge is 0.305 e. The van der Waals surface area contributed by atoms with Crippen molar-refractivity contribution in [2.75, 3.05) is 5.01 Å². The number of benzene rings is 3. The quantitative estimate of drug-likeness (QED) is 0.480. The van der Waals surface area contributed by atoms with Crippen LogP contribution >= 0.6 is 0 Å². The molecule has 0 bridgehead atoms. The summed E-state index contributed by atoms with van der Waals surface area (Å²) in [6.07, 6.45) is 0.187. The van der Waals surface area contributed by atoms with Crippen molar-refractivity contribution in [3.8, 4) is 28.7 Å². The van der Waals surface area contributed by atoms with Gasteiger partial charge in [0.05, 0.1) is 18.2 Å². The van der Waals surface area contributed by atoms with Gasteiger partial charge in [0.2, 0.25) is 0 Å². The van der Waals surface area contributed by atoms with Crippen LogP contribution in [0.1, 0.15) is 29.5 Å². The average Bonchev–Trinajstić information content (AvgIpc) is 3.20. The molecule has 1 heterocycles. The summed E-state index contributed by atoms with van der Waals surface area (Å²) in [4.78, 5) is 11.2. The Hall–Kier alpha value is -4.18. The fourth-order valence-corrected chi connectivity index (χ4v) is 4.09. The van der Waals surface area contributed by atoms with Gasteiger partial charge in [-0.15, -0.1) is 0 Å². The highest BCUT2D eigenvalue weighted by molar-refractivity contribution is 6.01. The van der Waals surface area contributed by atoms with Crippen LogP contribution in [-0.4, -0.2) is 22.8 Å². The molecule has 34 heavy (non-hydrogen) atoms. The molecule has 3 aromatic rings.